The second-order valence-corrected chi connectivity index (χ2v) is 3.90. The molecule has 98 valence electrons. The van der Waals surface area contributed by atoms with E-state index in [9.17, 15) is 9.59 Å². The average molecular weight is 258 g/mol. The van der Waals surface area contributed by atoms with E-state index >= 15 is 0 Å². The van der Waals surface area contributed by atoms with Crippen LogP contribution in [0.4, 0.5) is 0 Å². The lowest BCUT2D eigenvalue weighted by Gasteiger charge is -2.07. The van der Waals surface area contributed by atoms with Crippen molar-refractivity contribution < 1.29 is 0 Å². The van der Waals surface area contributed by atoms with Crippen LogP contribution < -0.4 is 17.1 Å². The fourth-order valence-electron chi connectivity index (χ4n) is 1.85. The van der Waals surface area contributed by atoms with Crippen molar-refractivity contribution in [3.8, 4) is 17.5 Å². The molecule has 1 heterocycles. The van der Waals surface area contributed by atoms with E-state index in [2.05, 4.69) is 22.0 Å². The van der Waals surface area contributed by atoms with Crippen molar-refractivity contribution in [3.05, 3.63) is 50.3 Å². The standard InChI is InChI=1S/C13H14N4O2/c1-2-10-8-9(4-3-7-14)5-6-11(10)17-12(18)15-16-13(17)19/h5-6,8H,2,7,14H2,1H3,(H,15,18)(H,16,19). The summed E-state index contributed by atoms with van der Waals surface area (Å²) in [7, 11) is 0. The van der Waals surface area contributed by atoms with Crippen molar-refractivity contribution in [2.75, 3.05) is 6.54 Å². The van der Waals surface area contributed by atoms with E-state index in [0.29, 0.717) is 18.7 Å². The van der Waals surface area contributed by atoms with Gasteiger partial charge in [-0.25, -0.2) is 24.4 Å². The van der Waals surface area contributed by atoms with E-state index < -0.39 is 11.4 Å². The number of H-pyrrole nitrogens is 2. The van der Waals surface area contributed by atoms with Crippen molar-refractivity contribution in [2.24, 2.45) is 5.73 Å². The first-order valence-electron chi connectivity index (χ1n) is 5.89. The first-order valence-corrected chi connectivity index (χ1v) is 5.89. The molecule has 2 rings (SSSR count). The number of aromatic nitrogens is 3. The zero-order valence-electron chi connectivity index (χ0n) is 10.5. The third-order valence-corrected chi connectivity index (χ3v) is 2.72. The number of aromatic amines is 2. The Bertz CT molecular complexity index is 728. The van der Waals surface area contributed by atoms with E-state index in [4.69, 9.17) is 5.73 Å². The third-order valence-electron chi connectivity index (χ3n) is 2.72. The normalized spacial score (nSPS) is 10.0. The molecule has 0 bridgehead atoms. The Kier molecular flexibility index (Phi) is 3.68. The minimum atomic E-state index is -0.486. The summed E-state index contributed by atoms with van der Waals surface area (Å²) in [6.45, 7) is 2.24. The molecule has 2 aromatic rings. The molecule has 0 amide bonds. The molecule has 0 saturated carbocycles. The average Bonchev–Trinajstić information content (AvgIpc) is 2.75. The van der Waals surface area contributed by atoms with Crippen LogP contribution in [-0.4, -0.2) is 21.3 Å². The van der Waals surface area contributed by atoms with Gasteiger partial charge in [-0.05, 0) is 30.2 Å². The number of benzene rings is 1. The van der Waals surface area contributed by atoms with Crippen molar-refractivity contribution >= 4 is 0 Å². The zero-order valence-corrected chi connectivity index (χ0v) is 10.5. The minimum absolute atomic E-state index is 0.292. The van der Waals surface area contributed by atoms with Gasteiger partial charge in [0.1, 0.15) is 0 Å². The number of hydrogen-bond acceptors (Lipinski definition) is 3. The predicted octanol–water partition coefficient (Wildman–Crippen LogP) is -0.274. The first-order chi connectivity index (χ1) is 9.17. The molecule has 1 aromatic heterocycles. The maximum atomic E-state index is 11.6. The van der Waals surface area contributed by atoms with Crippen LogP contribution in [0.3, 0.4) is 0 Å². The topological polar surface area (TPSA) is 96.7 Å². The number of nitrogens with one attached hydrogen (secondary N) is 2. The number of rotatable bonds is 2. The van der Waals surface area contributed by atoms with E-state index in [1.165, 1.54) is 0 Å². The van der Waals surface area contributed by atoms with Crippen LogP contribution in [0.25, 0.3) is 5.69 Å². The van der Waals surface area contributed by atoms with Gasteiger partial charge >= 0.3 is 11.4 Å². The van der Waals surface area contributed by atoms with Crippen LogP contribution >= 0.6 is 0 Å². The highest BCUT2D eigenvalue weighted by atomic mass is 16.2. The summed E-state index contributed by atoms with van der Waals surface area (Å²) in [4.78, 5) is 23.2. The van der Waals surface area contributed by atoms with E-state index in [-0.39, 0.29) is 0 Å². The van der Waals surface area contributed by atoms with Gasteiger partial charge in [-0.3, -0.25) is 0 Å². The lowest BCUT2D eigenvalue weighted by Crippen LogP contribution is -2.25. The molecule has 0 fully saturated rings. The molecule has 0 spiro atoms. The summed E-state index contributed by atoms with van der Waals surface area (Å²) in [5.41, 5.74) is 6.60. The summed E-state index contributed by atoms with van der Waals surface area (Å²) < 4.78 is 1.07. The molecule has 0 aliphatic heterocycles. The van der Waals surface area contributed by atoms with Gasteiger partial charge in [-0.2, -0.15) is 0 Å². The molecule has 4 N–H and O–H groups in total. The van der Waals surface area contributed by atoms with Crippen molar-refractivity contribution in [2.45, 2.75) is 13.3 Å². The lowest BCUT2D eigenvalue weighted by atomic mass is 10.1. The lowest BCUT2D eigenvalue weighted by molar-refractivity contribution is 0.924. The third kappa shape index (κ3) is 2.51. The molecule has 0 aliphatic rings. The number of hydrogen-bond donors (Lipinski definition) is 3. The van der Waals surface area contributed by atoms with Crippen LogP contribution in [0.5, 0.6) is 0 Å². The van der Waals surface area contributed by atoms with Gasteiger partial charge in [0, 0.05) is 5.56 Å². The van der Waals surface area contributed by atoms with E-state index in [1.807, 2.05) is 13.0 Å². The largest absolute Gasteiger partial charge is 0.348 e. The summed E-state index contributed by atoms with van der Waals surface area (Å²) in [6, 6.07) is 5.33. The Morgan fingerprint density at radius 1 is 1.26 bits per heavy atom. The predicted molar refractivity (Wildman–Crippen MR) is 72.3 cm³/mol. The molecule has 0 saturated heterocycles. The Morgan fingerprint density at radius 3 is 2.53 bits per heavy atom. The minimum Gasteiger partial charge on any atom is -0.320 e. The Balaban J connectivity index is 2.60. The molecule has 0 radical (unpaired) electrons. The highest BCUT2D eigenvalue weighted by Crippen LogP contribution is 2.14. The van der Waals surface area contributed by atoms with Gasteiger partial charge in [-0.15, -0.1) is 0 Å². The van der Waals surface area contributed by atoms with Gasteiger partial charge in [-0.1, -0.05) is 18.8 Å². The Morgan fingerprint density at radius 2 is 1.95 bits per heavy atom. The van der Waals surface area contributed by atoms with Gasteiger partial charge in [0.2, 0.25) is 0 Å². The smallest absolute Gasteiger partial charge is 0.320 e. The second kappa shape index (κ2) is 5.42. The summed E-state index contributed by atoms with van der Waals surface area (Å²) in [5.74, 6) is 5.69. The highest BCUT2D eigenvalue weighted by molar-refractivity contribution is 5.48. The summed E-state index contributed by atoms with van der Waals surface area (Å²) >= 11 is 0. The highest BCUT2D eigenvalue weighted by Gasteiger charge is 2.10. The first kappa shape index (κ1) is 12.9. The van der Waals surface area contributed by atoms with Crippen LogP contribution in [0.1, 0.15) is 18.1 Å². The molecule has 6 nitrogen and oxygen atoms in total. The Hall–Kier alpha value is -2.52. The number of nitrogens with zero attached hydrogens (tertiary/aromatic N) is 1. The molecule has 19 heavy (non-hydrogen) atoms. The molecule has 0 aliphatic carbocycles. The fourth-order valence-corrected chi connectivity index (χ4v) is 1.85. The van der Waals surface area contributed by atoms with Gasteiger partial charge in [0.25, 0.3) is 0 Å². The SMILES string of the molecule is CCc1cc(C#CCN)ccc1-n1c(=O)[nH][nH]c1=O. The van der Waals surface area contributed by atoms with Gasteiger partial charge in [0.15, 0.2) is 0 Å². The van der Waals surface area contributed by atoms with Crippen molar-refractivity contribution in [3.63, 3.8) is 0 Å². The maximum Gasteiger partial charge on any atom is 0.348 e. The number of aryl methyl sites for hydroxylation is 1. The zero-order chi connectivity index (χ0) is 13.8. The van der Waals surface area contributed by atoms with Crippen LogP contribution in [0.15, 0.2) is 27.8 Å². The molecular formula is C13H14N4O2. The Labute approximate surface area is 109 Å². The molecular weight excluding hydrogens is 244 g/mol. The molecule has 0 unspecified atom stereocenters. The van der Waals surface area contributed by atoms with Crippen LogP contribution in [-0.2, 0) is 6.42 Å². The second-order valence-electron chi connectivity index (χ2n) is 3.90. The quantitative estimate of drug-likeness (QED) is 0.647. The fraction of sp³-hybridized carbons (Fsp3) is 0.231. The maximum absolute atomic E-state index is 11.6. The summed E-state index contributed by atoms with van der Waals surface area (Å²) in [6.07, 6.45) is 0.685. The van der Waals surface area contributed by atoms with Gasteiger partial charge < -0.3 is 5.73 Å². The molecule has 0 atom stereocenters. The van der Waals surface area contributed by atoms with Crippen molar-refractivity contribution in [1.29, 1.82) is 0 Å². The molecule has 6 heteroatoms. The molecule has 1 aromatic carbocycles. The van der Waals surface area contributed by atoms with E-state index in [0.717, 1.165) is 15.7 Å². The van der Waals surface area contributed by atoms with Crippen molar-refractivity contribution in [1.82, 2.24) is 14.8 Å². The summed E-state index contributed by atoms with van der Waals surface area (Å²) in [5, 5.41) is 4.52. The number of nitrogens with two attached hydrogens (primary N) is 1. The van der Waals surface area contributed by atoms with Crippen LogP contribution in [0, 0.1) is 11.8 Å². The van der Waals surface area contributed by atoms with E-state index in [1.54, 1.807) is 12.1 Å². The monoisotopic (exact) mass is 258 g/mol. The van der Waals surface area contributed by atoms with Gasteiger partial charge in [0.05, 0.1) is 12.2 Å². The van der Waals surface area contributed by atoms with Crippen LogP contribution in [0.2, 0.25) is 0 Å².